The fourth-order valence-electron chi connectivity index (χ4n) is 1.40. The van der Waals surface area contributed by atoms with Crippen LogP contribution in [0.25, 0.3) is 0 Å². The highest BCUT2D eigenvalue weighted by Gasteiger charge is 2.44. The molecular weight excluding hydrogens is 250 g/mol. The topological polar surface area (TPSA) is 17.1 Å². The molecule has 0 atom stereocenters. The lowest BCUT2D eigenvalue weighted by atomic mass is 9.98. The van der Waals surface area contributed by atoms with Crippen LogP contribution in [0.5, 0.6) is 0 Å². The van der Waals surface area contributed by atoms with Gasteiger partial charge in [0.1, 0.15) is 0 Å². The van der Waals surface area contributed by atoms with Gasteiger partial charge in [-0.25, -0.2) is 0 Å². The molecule has 17 heavy (non-hydrogen) atoms. The number of halogens is 6. The second-order valence-electron chi connectivity index (χ2n) is 3.16. The molecule has 0 aliphatic rings. The second-order valence-corrected chi connectivity index (χ2v) is 3.16. The van der Waals surface area contributed by atoms with E-state index in [0.29, 0.717) is 6.07 Å². The van der Waals surface area contributed by atoms with Crippen LogP contribution in [0.2, 0.25) is 0 Å². The highest BCUT2D eigenvalue weighted by atomic mass is 19.4. The third-order valence-corrected chi connectivity index (χ3v) is 2.00. The van der Waals surface area contributed by atoms with Crippen molar-refractivity contribution in [2.75, 3.05) is 0 Å². The molecule has 0 spiro atoms. The molecule has 0 saturated heterocycles. The molecule has 1 radical (unpaired) electrons. The molecule has 0 heterocycles. The van der Waals surface area contributed by atoms with Crippen molar-refractivity contribution in [3.8, 4) is 0 Å². The molecule has 0 saturated carbocycles. The smallest absolute Gasteiger partial charge is 0.291 e. The van der Waals surface area contributed by atoms with Gasteiger partial charge in [-0.1, -0.05) is 12.1 Å². The maximum absolute atomic E-state index is 12.5. The van der Waals surface area contributed by atoms with Crippen molar-refractivity contribution in [3.63, 3.8) is 0 Å². The first-order chi connectivity index (χ1) is 7.68. The van der Waals surface area contributed by atoms with Crippen LogP contribution < -0.4 is 0 Å². The Balaban J connectivity index is 3.51. The summed E-state index contributed by atoms with van der Waals surface area (Å²) in [4.78, 5) is 10.0. The molecule has 93 valence electrons. The lowest BCUT2D eigenvalue weighted by molar-refractivity contribution is -0.162. The summed E-state index contributed by atoms with van der Waals surface area (Å²) in [6.07, 6.45) is -9.97. The predicted octanol–water partition coefficient (Wildman–Crippen LogP) is 3.38. The van der Waals surface area contributed by atoms with E-state index in [-0.39, 0.29) is 0 Å². The van der Waals surface area contributed by atoms with Crippen molar-refractivity contribution in [2.45, 2.75) is 18.8 Å². The third kappa shape index (κ3) is 2.98. The summed E-state index contributed by atoms with van der Waals surface area (Å²) in [6.45, 7) is 0. The molecule has 0 amide bonds. The Morgan fingerprint density at radius 2 is 1.59 bits per heavy atom. The first-order valence-corrected chi connectivity index (χ1v) is 4.29. The maximum atomic E-state index is 12.5. The van der Waals surface area contributed by atoms with E-state index < -0.39 is 35.5 Å². The minimum Gasteiger partial charge on any atom is -0.291 e. The van der Waals surface area contributed by atoms with E-state index in [1.165, 1.54) is 0 Å². The summed E-state index contributed by atoms with van der Waals surface area (Å²) in [6, 6.07) is 1.98. The predicted molar refractivity (Wildman–Crippen MR) is 45.8 cm³/mol. The van der Waals surface area contributed by atoms with E-state index >= 15 is 0 Å². The Hall–Kier alpha value is -1.53. The summed E-state index contributed by atoms with van der Waals surface area (Å²) < 4.78 is 74.8. The molecule has 1 rings (SSSR count). The lowest BCUT2D eigenvalue weighted by Crippen LogP contribution is -2.19. The number of alkyl halides is 6. The van der Waals surface area contributed by atoms with E-state index in [4.69, 9.17) is 0 Å². The molecule has 1 aromatic rings. The van der Waals surface area contributed by atoms with Crippen LogP contribution in [-0.2, 0) is 23.6 Å². The van der Waals surface area contributed by atoms with Gasteiger partial charge in [0.25, 0.3) is 0 Å². The van der Waals surface area contributed by atoms with Crippen LogP contribution in [0.15, 0.2) is 18.2 Å². The van der Waals surface area contributed by atoms with E-state index in [1.807, 2.05) is 0 Å². The molecule has 0 aliphatic heterocycles. The van der Waals surface area contributed by atoms with E-state index in [2.05, 4.69) is 0 Å². The Bertz CT molecular complexity index is 418. The first kappa shape index (κ1) is 13.5. The summed E-state index contributed by atoms with van der Waals surface area (Å²) >= 11 is 0. The Morgan fingerprint density at radius 1 is 1.00 bits per heavy atom. The molecule has 0 N–H and O–H groups in total. The fraction of sp³-hybridized carbons (Fsp3) is 0.300. The van der Waals surface area contributed by atoms with Crippen LogP contribution in [0.4, 0.5) is 26.3 Å². The molecular formula is C10H5F6O. The number of benzene rings is 1. The Labute approximate surface area is 92.0 Å². The molecule has 0 fully saturated rings. The highest BCUT2D eigenvalue weighted by molar-refractivity contribution is 5.58. The quantitative estimate of drug-likeness (QED) is 0.740. The minimum absolute atomic E-state index is 0.330. The van der Waals surface area contributed by atoms with Crippen molar-refractivity contribution >= 4 is 6.29 Å². The number of hydrogen-bond acceptors (Lipinski definition) is 1. The van der Waals surface area contributed by atoms with E-state index in [9.17, 15) is 31.1 Å². The van der Waals surface area contributed by atoms with Gasteiger partial charge < -0.3 is 0 Å². The molecule has 1 aromatic carbocycles. The van der Waals surface area contributed by atoms with Gasteiger partial charge >= 0.3 is 12.4 Å². The Kier molecular flexibility index (Phi) is 3.49. The van der Waals surface area contributed by atoms with Gasteiger partial charge in [-0.2, -0.15) is 26.3 Å². The van der Waals surface area contributed by atoms with Crippen molar-refractivity contribution in [1.82, 2.24) is 0 Å². The van der Waals surface area contributed by atoms with Crippen LogP contribution in [0.1, 0.15) is 16.7 Å². The first-order valence-electron chi connectivity index (χ1n) is 4.29. The fourth-order valence-corrected chi connectivity index (χ4v) is 1.40. The van der Waals surface area contributed by atoms with Crippen LogP contribution in [-0.4, -0.2) is 6.29 Å². The third-order valence-electron chi connectivity index (χ3n) is 2.00. The van der Waals surface area contributed by atoms with Crippen LogP contribution in [0.3, 0.4) is 0 Å². The average molecular weight is 255 g/mol. The lowest BCUT2D eigenvalue weighted by Gasteiger charge is -2.17. The van der Waals surface area contributed by atoms with E-state index in [1.54, 1.807) is 0 Å². The zero-order valence-corrected chi connectivity index (χ0v) is 8.12. The van der Waals surface area contributed by atoms with Gasteiger partial charge in [-0.15, -0.1) is 0 Å². The largest absolute Gasteiger partial charge is 0.417 e. The van der Waals surface area contributed by atoms with Crippen LogP contribution >= 0.6 is 0 Å². The summed E-state index contributed by atoms with van der Waals surface area (Å²) in [5.74, 6) is 0. The maximum Gasteiger partial charge on any atom is 0.417 e. The van der Waals surface area contributed by atoms with Crippen molar-refractivity contribution in [2.24, 2.45) is 0 Å². The SMILES string of the molecule is O=[C]Cc1cccc(C(F)(F)F)c1C(F)(F)F. The number of carbonyl (C=O) groups excluding carboxylic acids is 1. The standard InChI is InChI=1S/C10H5F6O/c11-9(12,13)7-3-1-2-6(4-5-17)8(7)10(14,15)16/h1-3H,4H2. The van der Waals surface area contributed by atoms with Gasteiger partial charge in [0.05, 0.1) is 11.1 Å². The van der Waals surface area contributed by atoms with E-state index in [0.717, 1.165) is 18.4 Å². The highest BCUT2D eigenvalue weighted by Crippen LogP contribution is 2.41. The van der Waals surface area contributed by atoms with Crippen molar-refractivity contribution in [3.05, 3.63) is 34.9 Å². The van der Waals surface area contributed by atoms with Gasteiger partial charge in [0.2, 0.25) is 6.29 Å². The number of hydrogen-bond donors (Lipinski definition) is 0. The van der Waals surface area contributed by atoms with Gasteiger partial charge in [0.15, 0.2) is 0 Å². The van der Waals surface area contributed by atoms with Crippen molar-refractivity contribution in [1.29, 1.82) is 0 Å². The monoisotopic (exact) mass is 255 g/mol. The van der Waals surface area contributed by atoms with Gasteiger partial charge in [0, 0.05) is 6.42 Å². The zero-order chi connectivity index (χ0) is 13.3. The minimum atomic E-state index is -5.17. The van der Waals surface area contributed by atoms with Crippen molar-refractivity contribution < 1.29 is 31.1 Å². The molecule has 0 aliphatic carbocycles. The summed E-state index contributed by atoms with van der Waals surface area (Å²) in [5.41, 5.74) is -4.35. The normalized spacial score (nSPS) is 12.6. The number of rotatable bonds is 2. The van der Waals surface area contributed by atoms with Gasteiger partial charge in [-0.05, 0) is 11.6 Å². The molecule has 0 unspecified atom stereocenters. The van der Waals surface area contributed by atoms with Gasteiger partial charge in [-0.3, -0.25) is 4.79 Å². The summed E-state index contributed by atoms with van der Waals surface area (Å²) in [7, 11) is 0. The van der Waals surface area contributed by atoms with Crippen LogP contribution in [0, 0.1) is 0 Å². The summed E-state index contributed by atoms with van der Waals surface area (Å²) in [5, 5.41) is 0. The average Bonchev–Trinajstić information content (AvgIpc) is 2.14. The Morgan fingerprint density at radius 3 is 2.00 bits per heavy atom. The molecule has 7 heteroatoms. The molecule has 0 aromatic heterocycles. The molecule has 1 nitrogen and oxygen atoms in total. The zero-order valence-electron chi connectivity index (χ0n) is 8.12. The second kappa shape index (κ2) is 4.38. The molecule has 0 bridgehead atoms.